The Morgan fingerprint density at radius 2 is 1.60 bits per heavy atom. The molecule has 132 valence electrons. The van der Waals surface area contributed by atoms with Gasteiger partial charge >= 0.3 is 6.03 Å². The van der Waals surface area contributed by atoms with Gasteiger partial charge in [0.25, 0.3) is 0 Å². The predicted octanol–water partition coefficient (Wildman–Crippen LogP) is 3.27. The maximum absolute atomic E-state index is 12.4. The summed E-state index contributed by atoms with van der Waals surface area (Å²) in [5.74, 6) is 0. The summed E-state index contributed by atoms with van der Waals surface area (Å²) in [4.78, 5) is 14.8. The van der Waals surface area contributed by atoms with Gasteiger partial charge in [0.2, 0.25) is 0 Å². The second-order valence-corrected chi connectivity index (χ2v) is 6.26. The summed E-state index contributed by atoms with van der Waals surface area (Å²) in [6.07, 6.45) is 0. The van der Waals surface area contributed by atoms with E-state index >= 15 is 0 Å². The summed E-state index contributed by atoms with van der Waals surface area (Å²) in [6, 6.07) is 19.7. The molecule has 0 radical (unpaired) electrons. The summed E-state index contributed by atoms with van der Waals surface area (Å²) in [7, 11) is 0. The Morgan fingerprint density at radius 1 is 1.00 bits per heavy atom. The van der Waals surface area contributed by atoms with Crippen LogP contribution in [0.25, 0.3) is 0 Å². The summed E-state index contributed by atoms with van der Waals surface area (Å²) in [5, 5.41) is 5.98. The molecule has 5 nitrogen and oxygen atoms in total. The van der Waals surface area contributed by atoms with E-state index in [1.807, 2.05) is 48.5 Å². The number of para-hydroxylation sites is 1. The van der Waals surface area contributed by atoms with Crippen LogP contribution in [0.2, 0.25) is 0 Å². The lowest BCUT2D eigenvalue weighted by Crippen LogP contribution is -2.49. The monoisotopic (exact) mass is 339 g/mol. The van der Waals surface area contributed by atoms with E-state index in [4.69, 9.17) is 4.74 Å². The van der Waals surface area contributed by atoms with E-state index in [0.29, 0.717) is 0 Å². The van der Waals surface area contributed by atoms with Gasteiger partial charge in [-0.25, -0.2) is 4.79 Å². The first kappa shape index (κ1) is 17.5. The van der Waals surface area contributed by atoms with Gasteiger partial charge in [0.1, 0.15) is 0 Å². The molecule has 0 aromatic heterocycles. The average molecular weight is 339 g/mol. The molecule has 2 atom stereocenters. The molecule has 2 N–H and O–H groups in total. The van der Waals surface area contributed by atoms with Gasteiger partial charge in [-0.2, -0.15) is 0 Å². The maximum Gasteiger partial charge on any atom is 0.319 e. The molecule has 1 heterocycles. The summed E-state index contributed by atoms with van der Waals surface area (Å²) < 4.78 is 5.48. The van der Waals surface area contributed by atoms with Crippen LogP contribution in [-0.4, -0.2) is 43.3 Å². The van der Waals surface area contributed by atoms with Crippen molar-refractivity contribution in [3.8, 4) is 0 Å². The zero-order valence-corrected chi connectivity index (χ0v) is 14.5. The van der Waals surface area contributed by atoms with Gasteiger partial charge in [-0.1, -0.05) is 48.5 Å². The third-order valence-corrected chi connectivity index (χ3v) is 4.44. The smallest absolute Gasteiger partial charge is 0.319 e. The first-order chi connectivity index (χ1) is 12.2. The van der Waals surface area contributed by atoms with E-state index in [9.17, 15) is 4.79 Å². The number of ether oxygens (including phenoxy) is 1. The van der Waals surface area contributed by atoms with Crippen molar-refractivity contribution in [2.45, 2.75) is 19.0 Å². The largest absolute Gasteiger partial charge is 0.379 e. The molecule has 2 amide bonds. The maximum atomic E-state index is 12.4. The number of hydrogen-bond acceptors (Lipinski definition) is 3. The zero-order valence-electron chi connectivity index (χ0n) is 14.5. The molecule has 25 heavy (non-hydrogen) atoms. The summed E-state index contributed by atoms with van der Waals surface area (Å²) >= 11 is 0. The number of nitrogens with one attached hydrogen (secondary N) is 2. The second-order valence-electron chi connectivity index (χ2n) is 6.26. The molecule has 2 aromatic rings. The molecule has 5 heteroatoms. The minimum Gasteiger partial charge on any atom is -0.379 e. The van der Waals surface area contributed by atoms with E-state index in [1.54, 1.807) is 0 Å². The molecule has 0 unspecified atom stereocenters. The molecular weight excluding hydrogens is 314 g/mol. The van der Waals surface area contributed by atoms with E-state index in [2.05, 4.69) is 34.6 Å². The number of benzene rings is 2. The Bertz CT molecular complexity index is 657. The molecule has 1 aliphatic rings. The van der Waals surface area contributed by atoms with E-state index < -0.39 is 0 Å². The van der Waals surface area contributed by atoms with Crippen LogP contribution in [0.4, 0.5) is 10.5 Å². The van der Waals surface area contributed by atoms with E-state index in [1.165, 1.54) is 5.56 Å². The highest BCUT2D eigenvalue weighted by atomic mass is 16.5. The molecule has 1 aliphatic heterocycles. The van der Waals surface area contributed by atoms with Gasteiger partial charge in [0.15, 0.2) is 0 Å². The molecule has 0 bridgehead atoms. The Kier molecular flexibility index (Phi) is 6.04. The number of carbonyl (C=O) groups excluding carboxylic acids is 1. The van der Waals surface area contributed by atoms with Crippen molar-refractivity contribution in [1.82, 2.24) is 10.2 Å². The first-order valence-corrected chi connectivity index (χ1v) is 8.73. The zero-order chi connectivity index (χ0) is 17.5. The van der Waals surface area contributed by atoms with Crippen LogP contribution in [0, 0.1) is 0 Å². The number of rotatable bonds is 5. The standard InChI is InChI=1S/C20H25N3O2/c1-16(21-20(24)22-18-10-6-3-7-11-18)19(17-8-4-2-5-9-17)23-12-14-25-15-13-23/h2-11,16,19H,12-15H2,1H3,(H2,21,22,24)/t16-,19-/m0/s1. The predicted molar refractivity (Wildman–Crippen MR) is 99.6 cm³/mol. The van der Waals surface area contributed by atoms with Crippen LogP contribution < -0.4 is 10.6 Å². The highest BCUT2D eigenvalue weighted by Gasteiger charge is 2.28. The Morgan fingerprint density at radius 3 is 2.24 bits per heavy atom. The molecule has 0 aliphatic carbocycles. The SMILES string of the molecule is C[C@H](NC(=O)Nc1ccccc1)[C@@H](c1ccccc1)N1CCOCC1. The van der Waals surface area contributed by atoms with Crippen LogP contribution in [0.1, 0.15) is 18.5 Å². The number of urea groups is 1. The third kappa shape index (κ3) is 4.81. The molecule has 1 fully saturated rings. The lowest BCUT2D eigenvalue weighted by atomic mass is 9.98. The summed E-state index contributed by atoms with van der Waals surface area (Å²) in [6.45, 7) is 5.24. The highest BCUT2D eigenvalue weighted by Crippen LogP contribution is 2.25. The average Bonchev–Trinajstić information content (AvgIpc) is 2.64. The number of carbonyl (C=O) groups is 1. The lowest BCUT2D eigenvalue weighted by Gasteiger charge is -2.38. The number of morpholine rings is 1. The van der Waals surface area contributed by atoms with Crippen molar-refractivity contribution in [2.75, 3.05) is 31.6 Å². The van der Waals surface area contributed by atoms with Gasteiger partial charge in [-0.05, 0) is 24.6 Å². The molecule has 0 spiro atoms. The molecule has 1 saturated heterocycles. The van der Waals surface area contributed by atoms with Crippen molar-refractivity contribution in [3.05, 3.63) is 66.2 Å². The molecule has 0 saturated carbocycles. The van der Waals surface area contributed by atoms with Crippen LogP contribution in [0.5, 0.6) is 0 Å². The van der Waals surface area contributed by atoms with Gasteiger partial charge in [-0.3, -0.25) is 4.90 Å². The first-order valence-electron chi connectivity index (χ1n) is 8.73. The van der Waals surface area contributed by atoms with Crippen LogP contribution in [0.3, 0.4) is 0 Å². The minimum atomic E-state index is -0.187. The fourth-order valence-corrected chi connectivity index (χ4v) is 3.30. The van der Waals surface area contributed by atoms with Crippen LogP contribution in [-0.2, 0) is 4.74 Å². The van der Waals surface area contributed by atoms with Gasteiger partial charge in [0.05, 0.1) is 19.3 Å². The van der Waals surface area contributed by atoms with Crippen LogP contribution >= 0.6 is 0 Å². The second kappa shape index (κ2) is 8.65. The van der Waals surface area contributed by atoms with Crippen molar-refractivity contribution < 1.29 is 9.53 Å². The van der Waals surface area contributed by atoms with Crippen molar-refractivity contribution in [2.24, 2.45) is 0 Å². The fourth-order valence-electron chi connectivity index (χ4n) is 3.30. The number of amides is 2. The topological polar surface area (TPSA) is 53.6 Å². The van der Waals surface area contributed by atoms with Crippen molar-refractivity contribution in [1.29, 1.82) is 0 Å². The van der Waals surface area contributed by atoms with Crippen molar-refractivity contribution in [3.63, 3.8) is 0 Å². The summed E-state index contributed by atoms with van der Waals surface area (Å²) in [5.41, 5.74) is 1.99. The van der Waals surface area contributed by atoms with Gasteiger partial charge < -0.3 is 15.4 Å². The Hall–Kier alpha value is -2.37. The Balaban J connectivity index is 1.70. The number of hydrogen-bond donors (Lipinski definition) is 2. The normalized spacial score (nSPS) is 17.5. The molecule has 2 aromatic carbocycles. The molecule has 3 rings (SSSR count). The van der Waals surface area contributed by atoms with Gasteiger partial charge in [0, 0.05) is 24.8 Å². The quantitative estimate of drug-likeness (QED) is 0.879. The Labute approximate surface area is 149 Å². The van der Waals surface area contributed by atoms with E-state index in [0.717, 1.165) is 32.0 Å². The van der Waals surface area contributed by atoms with E-state index in [-0.39, 0.29) is 18.1 Å². The fraction of sp³-hybridized carbons (Fsp3) is 0.350. The van der Waals surface area contributed by atoms with Crippen molar-refractivity contribution >= 4 is 11.7 Å². The third-order valence-electron chi connectivity index (χ3n) is 4.44. The number of nitrogens with zero attached hydrogens (tertiary/aromatic N) is 1. The molecular formula is C20H25N3O2. The lowest BCUT2D eigenvalue weighted by molar-refractivity contribution is 0.00974. The van der Waals surface area contributed by atoms with Crippen LogP contribution in [0.15, 0.2) is 60.7 Å². The van der Waals surface area contributed by atoms with Gasteiger partial charge in [-0.15, -0.1) is 0 Å². The minimum absolute atomic E-state index is 0.0378. The highest BCUT2D eigenvalue weighted by molar-refractivity contribution is 5.89. The number of anilines is 1.